The van der Waals surface area contributed by atoms with Crippen LogP contribution in [0.5, 0.6) is 0 Å². The van der Waals surface area contributed by atoms with Gasteiger partial charge in [-0.2, -0.15) is 0 Å². The van der Waals surface area contributed by atoms with Crippen LogP contribution in [0.25, 0.3) is 21.8 Å². The Kier molecular flexibility index (Phi) is 4.43. The van der Waals surface area contributed by atoms with E-state index < -0.39 is 0 Å². The summed E-state index contributed by atoms with van der Waals surface area (Å²) in [5.74, 6) is -0.690. The fraction of sp³-hybridized carbons (Fsp3) is 0.174. The Morgan fingerprint density at radius 1 is 0.750 bits per heavy atom. The van der Waals surface area contributed by atoms with E-state index in [1.807, 2.05) is 62.4 Å². The van der Waals surface area contributed by atoms with Gasteiger partial charge in [-0.3, -0.25) is 14.8 Å². The number of fused-ring (bicyclic) bond motifs is 2. The number of ketones is 1. The summed E-state index contributed by atoms with van der Waals surface area (Å²) >= 11 is 0. The zero-order chi connectivity index (χ0) is 19.8. The van der Waals surface area contributed by atoms with Crippen molar-refractivity contribution in [2.45, 2.75) is 25.7 Å². The van der Waals surface area contributed by atoms with Crippen molar-refractivity contribution in [1.29, 1.82) is 0 Å². The van der Waals surface area contributed by atoms with Gasteiger partial charge >= 0.3 is 0 Å². The smallest absolute Gasteiger partial charge is 0.147 e. The predicted octanol–water partition coefficient (Wildman–Crippen LogP) is 4.42. The van der Waals surface area contributed by atoms with Gasteiger partial charge in [-0.05, 0) is 23.3 Å². The number of benzene rings is 2. The molecule has 2 atom stereocenters. The number of hydrogen-bond donors (Lipinski definition) is 2. The molecule has 28 heavy (non-hydrogen) atoms. The van der Waals surface area contributed by atoms with Crippen molar-refractivity contribution >= 4 is 39.0 Å². The normalized spacial score (nSPS) is 13.5. The van der Waals surface area contributed by atoms with E-state index in [9.17, 15) is 4.79 Å². The van der Waals surface area contributed by atoms with Gasteiger partial charge in [-0.15, -0.1) is 0 Å². The van der Waals surface area contributed by atoms with Gasteiger partial charge in [0.1, 0.15) is 5.78 Å². The van der Waals surface area contributed by atoms with Gasteiger partial charge in [0.2, 0.25) is 0 Å². The van der Waals surface area contributed by atoms with Gasteiger partial charge in [0.25, 0.3) is 0 Å². The van der Waals surface area contributed by atoms with E-state index in [0.717, 1.165) is 32.9 Å². The summed E-state index contributed by atoms with van der Waals surface area (Å²) in [5.41, 5.74) is 16.8. The molecular weight excluding hydrogens is 348 g/mol. The molecular formula is C23H22N4O. The van der Waals surface area contributed by atoms with E-state index in [4.69, 9.17) is 11.5 Å². The molecule has 2 aromatic carbocycles. The summed E-state index contributed by atoms with van der Waals surface area (Å²) in [7, 11) is 0. The maximum absolute atomic E-state index is 13.3. The quantitative estimate of drug-likeness (QED) is 0.518. The van der Waals surface area contributed by atoms with Crippen molar-refractivity contribution in [1.82, 2.24) is 9.97 Å². The maximum Gasteiger partial charge on any atom is 0.147 e. The van der Waals surface area contributed by atoms with Crippen molar-refractivity contribution in [3.05, 3.63) is 72.1 Å². The summed E-state index contributed by atoms with van der Waals surface area (Å²) in [6.45, 7) is 3.77. The molecule has 2 aromatic heterocycles. The number of aromatic nitrogens is 2. The summed E-state index contributed by atoms with van der Waals surface area (Å²) in [4.78, 5) is 22.0. The highest BCUT2D eigenvalue weighted by molar-refractivity contribution is 5.99. The van der Waals surface area contributed by atoms with Crippen LogP contribution in [-0.4, -0.2) is 15.8 Å². The first kappa shape index (κ1) is 17.9. The fourth-order valence-electron chi connectivity index (χ4n) is 3.80. The molecule has 0 radical (unpaired) electrons. The van der Waals surface area contributed by atoms with Gasteiger partial charge in [-0.1, -0.05) is 50.2 Å². The first-order chi connectivity index (χ1) is 13.5. The summed E-state index contributed by atoms with van der Waals surface area (Å²) in [6, 6.07) is 15.4. The first-order valence-electron chi connectivity index (χ1n) is 9.29. The maximum atomic E-state index is 13.3. The van der Waals surface area contributed by atoms with Crippen molar-refractivity contribution in [2.75, 3.05) is 11.5 Å². The van der Waals surface area contributed by atoms with Gasteiger partial charge in [-0.25, -0.2) is 0 Å². The lowest BCUT2D eigenvalue weighted by molar-refractivity contribution is -0.121. The number of nitrogens with zero attached hydrogens (tertiary/aromatic N) is 2. The number of Topliss-reactive ketones (excluding diaryl/α,β-unsaturated/α-hetero) is 1. The van der Waals surface area contributed by atoms with Crippen LogP contribution in [-0.2, 0) is 4.79 Å². The van der Waals surface area contributed by atoms with Crippen molar-refractivity contribution in [3.63, 3.8) is 0 Å². The second kappa shape index (κ2) is 6.93. The lowest BCUT2D eigenvalue weighted by Crippen LogP contribution is -2.19. The van der Waals surface area contributed by atoms with Crippen molar-refractivity contribution in [3.8, 4) is 0 Å². The van der Waals surface area contributed by atoms with Crippen LogP contribution in [0.2, 0.25) is 0 Å². The van der Waals surface area contributed by atoms with Gasteiger partial charge in [0, 0.05) is 35.0 Å². The Morgan fingerprint density at radius 3 is 1.61 bits per heavy atom. The molecule has 0 fully saturated rings. The number of pyridine rings is 2. The number of carbonyl (C=O) groups is 1. The molecule has 2 unspecified atom stereocenters. The molecule has 5 nitrogen and oxygen atoms in total. The van der Waals surface area contributed by atoms with E-state index in [1.54, 1.807) is 12.4 Å². The van der Waals surface area contributed by atoms with Gasteiger partial charge < -0.3 is 11.5 Å². The Bertz CT molecular complexity index is 1110. The standard InChI is InChI=1S/C23H22N4O/c1-13(17-9-7-15-5-3-11-26-21(15)19(17)24)23(28)14(2)18-10-8-16-6-4-12-27-22(16)20(18)25/h3-14H,24-25H2,1-2H3. The molecule has 0 aliphatic heterocycles. The summed E-state index contributed by atoms with van der Waals surface area (Å²) < 4.78 is 0. The van der Waals surface area contributed by atoms with Crippen LogP contribution in [0.4, 0.5) is 11.4 Å². The molecule has 0 saturated carbocycles. The molecule has 0 bridgehead atoms. The predicted molar refractivity (Wildman–Crippen MR) is 114 cm³/mol. The molecule has 2 heterocycles. The number of nitrogen functional groups attached to an aromatic ring is 2. The van der Waals surface area contributed by atoms with E-state index in [0.29, 0.717) is 11.4 Å². The topological polar surface area (TPSA) is 94.9 Å². The number of carbonyl (C=O) groups excluding carboxylic acids is 1. The van der Waals surface area contributed by atoms with Crippen LogP contribution in [0.3, 0.4) is 0 Å². The van der Waals surface area contributed by atoms with E-state index in [1.165, 1.54) is 0 Å². The zero-order valence-corrected chi connectivity index (χ0v) is 15.9. The number of hydrogen-bond acceptors (Lipinski definition) is 5. The van der Waals surface area contributed by atoms with Crippen LogP contribution < -0.4 is 11.5 Å². The fourth-order valence-corrected chi connectivity index (χ4v) is 3.80. The molecule has 140 valence electrons. The third kappa shape index (κ3) is 2.85. The van der Waals surface area contributed by atoms with Crippen LogP contribution in [0, 0.1) is 0 Å². The molecule has 4 rings (SSSR count). The SMILES string of the molecule is CC(C(=O)C(C)c1ccc2cccnc2c1N)c1ccc2cccnc2c1N. The lowest BCUT2D eigenvalue weighted by Gasteiger charge is -2.20. The van der Waals surface area contributed by atoms with Gasteiger partial charge in [0.05, 0.1) is 22.4 Å². The highest BCUT2D eigenvalue weighted by Crippen LogP contribution is 2.35. The number of anilines is 2. The zero-order valence-electron chi connectivity index (χ0n) is 15.9. The van der Waals surface area contributed by atoms with Crippen molar-refractivity contribution < 1.29 is 4.79 Å². The summed E-state index contributed by atoms with van der Waals surface area (Å²) in [5, 5.41) is 1.92. The third-order valence-electron chi connectivity index (χ3n) is 5.48. The monoisotopic (exact) mass is 370 g/mol. The van der Waals surface area contributed by atoms with Crippen molar-refractivity contribution in [2.24, 2.45) is 0 Å². The highest BCUT2D eigenvalue weighted by atomic mass is 16.1. The average Bonchev–Trinajstić information content (AvgIpc) is 2.73. The van der Waals surface area contributed by atoms with E-state index in [-0.39, 0.29) is 17.6 Å². The molecule has 0 aliphatic carbocycles. The Morgan fingerprint density at radius 2 is 1.18 bits per heavy atom. The molecule has 4 N–H and O–H groups in total. The molecule has 5 heteroatoms. The molecule has 0 saturated heterocycles. The second-order valence-corrected chi connectivity index (χ2v) is 7.13. The third-order valence-corrected chi connectivity index (χ3v) is 5.48. The number of rotatable bonds is 4. The van der Waals surface area contributed by atoms with E-state index >= 15 is 0 Å². The van der Waals surface area contributed by atoms with E-state index in [2.05, 4.69) is 9.97 Å². The molecule has 0 aliphatic rings. The minimum absolute atomic E-state index is 0.0592. The minimum atomic E-state index is -0.375. The molecule has 4 aromatic rings. The van der Waals surface area contributed by atoms with Crippen LogP contribution in [0.15, 0.2) is 60.9 Å². The van der Waals surface area contributed by atoms with Crippen LogP contribution >= 0.6 is 0 Å². The largest absolute Gasteiger partial charge is 0.397 e. The Labute approximate surface area is 163 Å². The Balaban J connectivity index is 1.71. The molecule has 0 amide bonds. The summed E-state index contributed by atoms with van der Waals surface area (Å²) in [6.07, 6.45) is 3.42. The van der Waals surface area contributed by atoms with Gasteiger partial charge in [0.15, 0.2) is 0 Å². The minimum Gasteiger partial charge on any atom is -0.397 e. The Hall–Kier alpha value is -3.47. The molecule has 0 spiro atoms. The number of nitrogens with two attached hydrogens (primary N) is 2. The highest BCUT2D eigenvalue weighted by Gasteiger charge is 2.26. The lowest BCUT2D eigenvalue weighted by atomic mass is 9.84. The van der Waals surface area contributed by atoms with Crippen LogP contribution in [0.1, 0.15) is 36.8 Å². The second-order valence-electron chi connectivity index (χ2n) is 7.13. The average molecular weight is 370 g/mol. The first-order valence-corrected chi connectivity index (χ1v) is 9.29.